The summed E-state index contributed by atoms with van der Waals surface area (Å²) in [5.41, 5.74) is 1.11. The van der Waals surface area contributed by atoms with Crippen molar-refractivity contribution in [2.75, 3.05) is 0 Å². The summed E-state index contributed by atoms with van der Waals surface area (Å²) in [6.45, 7) is 3.82. The Bertz CT molecular complexity index is 983. The lowest BCUT2D eigenvalue weighted by Gasteiger charge is -2.28. The molecule has 2 aromatic rings. The average Bonchev–Trinajstić information content (AvgIpc) is 3.16. The molecule has 0 unspecified atom stereocenters. The summed E-state index contributed by atoms with van der Waals surface area (Å²) in [5.74, 6) is -0.0363. The zero-order valence-corrected chi connectivity index (χ0v) is 18.3. The molecule has 0 atom stereocenters. The van der Waals surface area contributed by atoms with Gasteiger partial charge in [-0.3, -0.25) is 4.79 Å². The van der Waals surface area contributed by atoms with Gasteiger partial charge in [-0.15, -0.1) is 0 Å². The van der Waals surface area contributed by atoms with Crippen molar-refractivity contribution in [2.45, 2.75) is 62.4 Å². The van der Waals surface area contributed by atoms with Crippen LogP contribution in [0.2, 0.25) is 5.02 Å². The Labute approximate surface area is 177 Å². The molecule has 0 saturated heterocycles. The molecule has 156 valence electrons. The molecular weight excluding hydrogens is 408 g/mol. The number of carbonyl (C=O) groups is 1. The molecule has 0 bridgehead atoms. The standard InChI is InChI=1S/C22H27ClN2O3S/c1-16(2)25-29(27,28)20-10-5-7-17(13-20)15-24-21(26)22(11-3-4-12-22)18-8-6-9-19(23)14-18/h5-10,13-14,16,25H,3-4,11-12,15H2,1-2H3,(H,24,26). The lowest BCUT2D eigenvalue weighted by molar-refractivity contribution is -0.126. The quantitative estimate of drug-likeness (QED) is 0.687. The van der Waals surface area contributed by atoms with Crippen molar-refractivity contribution in [3.63, 3.8) is 0 Å². The summed E-state index contributed by atoms with van der Waals surface area (Å²) < 4.78 is 27.4. The largest absolute Gasteiger partial charge is 0.351 e. The fourth-order valence-electron chi connectivity index (χ4n) is 3.96. The Morgan fingerprint density at radius 2 is 1.79 bits per heavy atom. The fourth-order valence-corrected chi connectivity index (χ4v) is 5.48. The molecule has 0 aliphatic heterocycles. The zero-order valence-electron chi connectivity index (χ0n) is 16.7. The van der Waals surface area contributed by atoms with Crippen LogP contribution in [0.4, 0.5) is 0 Å². The molecule has 0 radical (unpaired) electrons. The molecule has 1 amide bonds. The smallest absolute Gasteiger partial charge is 0.240 e. The highest BCUT2D eigenvalue weighted by atomic mass is 35.5. The first-order valence-electron chi connectivity index (χ1n) is 9.89. The van der Waals surface area contributed by atoms with E-state index in [1.807, 2.05) is 30.3 Å². The van der Waals surface area contributed by atoms with Crippen LogP contribution in [0.25, 0.3) is 0 Å². The molecule has 0 spiro atoms. The van der Waals surface area contributed by atoms with Crippen molar-refractivity contribution in [2.24, 2.45) is 0 Å². The molecule has 5 nitrogen and oxygen atoms in total. The van der Waals surface area contributed by atoms with Crippen LogP contribution in [0.15, 0.2) is 53.4 Å². The van der Waals surface area contributed by atoms with Gasteiger partial charge in [-0.05, 0) is 62.1 Å². The Balaban J connectivity index is 1.77. The SMILES string of the molecule is CC(C)NS(=O)(=O)c1cccc(CNC(=O)C2(c3cccc(Cl)c3)CCCC2)c1. The van der Waals surface area contributed by atoms with Gasteiger partial charge in [0.15, 0.2) is 0 Å². The number of hydrogen-bond donors (Lipinski definition) is 2. The van der Waals surface area contributed by atoms with E-state index in [2.05, 4.69) is 10.0 Å². The van der Waals surface area contributed by atoms with Crippen molar-refractivity contribution in [3.8, 4) is 0 Å². The molecule has 2 aromatic carbocycles. The second kappa shape index (κ2) is 8.86. The van der Waals surface area contributed by atoms with E-state index in [9.17, 15) is 13.2 Å². The number of sulfonamides is 1. The summed E-state index contributed by atoms with van der Waals surface area (Å²) in [6, 6.07) is 14.0. The van der Waals surface area contributed by atoms with Crippen LogP contribution < -0.4 is 10.0 Å². The van der Waals surface area contributed by atoms with Crippen LogP contribution in [0.3, 0.4) is 0 Å². The molecule has 29 heavy (non-hydrogen) atoms. The minimum Gasteiger partial charge on any atom is -0.351 e. The number of nitrogens with one attached hydrogen (secondary N) is 2. The van der Waals surface area contributed by atoms with Gasteiger partial charge in [0.25, 0.3) is 0 Å². The third-order valence-electron chi connectivity index (χ3n) is 5.32. The molecule has 1 aliphatic carbocycles. The molecule has 1 saturated carbocycles. The summed E-state index contributed by atoms with van der Waals surface area (Å²) in [6.07, 6.45) is 3.56. The van der Waals surface area contributed by atoms with Crippen LogP contribution in [-0.4, -0.2) is 20.4 Å². The number of benzene rings is 2. The van der Waals surface area contributed by atoms with E-state index in [1.54, 1.807) is 32.0 Å². The van der Waals surface area contributed by atoms with Gasteiger partial charge in [0, 0.05) is 17.6 Å². The molecule has 7 heteroatoms. The maximum Gasteiger partial charge on any atom is 0.240 e. The highest BCUT2D eigenvalue weighted by molar-refractivity contribution is 7.89. The Hall–Kier alpha value is -1.89. The van der Waals surface area contributed by atoms with Gasteiger partial charge in [-0.25, -0.2) is 13.1 Å². The number of rotatable bonds is 7. The average molecular weight is 435 g/mol. The van der Waals surface area contributed by atoms with Crippen LogP contribution in [0.1, 0.15) is 50.7 Å². The normalized spacial score (nSPS) is 16.1. The van der Waals surface area contributed by atoms with Crippen LogP contribution >= 0.6 is 11.6 Å². The van der Waals surface area contributed by atoms with Gasteiger partial charge in [0.1, 0.15) is 0 Å². The molecule has 3 rings (SSSR count). The lowest BCUT2D eigenvalue weighted by atomic mass is 9.78. The van der Waals surface area contributed by atoms with Gasteiger partial charge in [-0.1, -0.05) is 48.7 Å². The van der Waals surface area contributed by atoms with Crippen molar-refractivity contribution < 1.29 is 13.2 Å². The minimum absolute atomic E-state index is 0.0363. The van der Waals surface area contributed by atoms with Gasteiger partial charge in [0.2, 0.25) is 15.9 Å². The van der Waals surface area contributed by atoms with E-state index in [4.69, 9.17) is 11.6 Å². The summed E-state index contributed by atoms with van der Waals surface area (Å²) in [7, 11) is -3.57. The second-order valence-corrected chi connectivity index (χ2v) is 10.1. The van der Waals surface area contributed by atoms with Crippen molar-refractivity contribution in [3.05, 3.63) is 64.7 Å². The number of carbonyl (C=O) groups excluding carboxylic acids is 1. The van der Waals surface area contributed by atoms with Crippen molar-refractivity contribution in [1.82, 2.24) is 10.0 Å². The van der Waals surface area contributed by atoms with Crippen LogP contribution in [0, 0.1) is 0 Å². The number of halogens is 1. The predicted octanol–water partition coefficient (Wildman–Crippen LogP) is 4.15. The fraction of sp³-hybridized carbons (Fsp3) is 0.409. The van der Waals surface area contributed by atoms with E-state index in [0.29, 0.717) is 5.02 Å². The first-order chi connectivity index (χ1) is 13.7. The molecule has 0 aromatic heterocycles. The summed E-state index contributed by atoms with van der Waals surface area (Å²) in [5, 5.41) is 3.64. The first-order valence-corrected chi connectivity index (χ1v) is 11.7. The molecule has 1 aliphatic rings. The third kappa shape index (κ3) is 5.00. The van der Waals surface area contributed by atoms with Crippen LogP contribution in [-0.2, 0) is 26.8 Å². The first kappa shape index (κ1) is 21.8. The van der Waals surface area contributed by atoms with E-state index in [0.717, 1.165) is 36.8 Å². The Morgan fingerprint density at radius 3 is 2.45 bits per heavy atom. The highest BCUT2D eigenvalue weighted by Gasteiger charge is 2.42. The Kier molecular flexibility index (Phi) is 6.66. The van der Waals surface area contributed by atoms with E-state index >= 15 is 0 Å². The highest BCUT2D eigenvalue weighted by Crippen LogP contribution is 2.42. The predicted molar refractivity (Wildman–Crippen MR) is 115 cm³/mol. The zero-order chi connectivity index (χ0) is 21.1. The monoisotopic (exact) mass is 434 g/mol. The molecule has 1 fully saturated rings. The third-order valence-corrected chi connectivity index (χ3v) is 7.21. The minimum atomic E-state index is -3.57. The molecular formula is C22H27ClN2O3S. The summed E-state index contributed by atoms with van der Waals surface area (Å²) >= 11 is 6.16. The second-order valence-electron chi connectivity index (χ2n) is 7.91. The van der Waals surface area contributed by atoms with E-state index in [-0.39, 0.29) is 23.4 Å². The summed E-state index contributed by atoms with van der Waals surface area (Å²) in [4.78, 5) is 13.4. The van der Waals surface area contributed by atoms with E-state index in [1.165, 1.54) is 0 Å². The van der Waals surface area contributed by atoms with Gasteiger partial charge in [-0.2, -0.15) is 0 Å². The lowest BCUT2D eigenvalue weighted by Crippen LogP contribution is -2.42. The maximum absolute atomic E-state index is 13.2. The Morgan fingerprint density at radius 1 is 1.10 bits per heavy atom. The van der Waals surface area contributed by atoms with E-state index < -0.39 is 15.4 Å². The van der Waals surface area contributed by atoms with Gasteiger partial charge >= 0.3 is 0 Å². The van der Waals surface area contributed by atoms with Crippen molar-refractivity contribution >= 4 is 27.5 Å². The van der Waals surface area contributed by atoms with Crippen LogP contribution in [0.5, 0.6) is 0 Å². The maximum atomic E-state index is 13.2. The number of amides is 1. The molecule has 2 N–H and O–H groups in total. The van der Waals surface area contributed by atoms with Gasteiger partial charge in [0.05, 0.1) is 10.3 Å². The molecule has 0 heterocycles. The topological polar surface area (TPSA) is 75.3 Å². The number of hydrogen-bond acceptors (Lipinski definition) is 3. The van der Waals surface area contributed by atoms with Gasteiger partial charge < -0.3 is 5.32 Å². The van der Waals surface area contributed by atoms with Crippen molar-refractivity contribution in [1.29, 1.82) is 0 Å².